The Morgan fingerprint density at radius 2 is 2.09 bits per heavy atom. The zero-order valence-electron chi connectivity index (χ0n) is 12.9. The van der Waals surface area contributed by atoms with Gasteiger partial charge in [-0.3, -0.25) is 4.99 Å². The van der Waals surface area contributed by atoms with Crippen molar-refractivity contribution in [1.82, 2.24) is 15.6 Å². The van der Waals surface area contributed by atoms with Crippen LogP contribution in [0.4, 0.5) is 8.78 Å². The number of benzene rings is 1. The van der Waals surface area contributed by atoms with E-state index in [1.165, 1.54) is 6.07 Å². The predicted molar refractivity (Wildman–Crippen MR) is 101 cm³/mol. The molecule has 23 heavy (non-hydrogen) atoms. The first-order valence-corrected chi connectivity index (χ1v) is 7.70. The van der Waals surface area contributed by atoms with Crippen LogP contribution in [-0.4, -0.2) is 24.5 Å². The Bertz CT molecular complexity index is 661. The van der Waals surface area contributed by atoms with Crippen molar-refractivity contribution >= 4 is 41.3 Å². The zero-order valence-corrected chi connectivity index (χ0v) is 16.0. The lowest BCUT2D eigenvalue weighted by atomic mass is 10.1. The average molecular weight is 452 g/mol. The van der Waals surface area contributed by atoms with Crippen molar-refractivity contribution < 1.29 is 8.78 Å². The third-order valence-corrected chi connectivity index (χ3v) is 3.93. The van der Waals surface area contributed by atoms with E-state index in [-0.39, 0.29) is 24.0 Å². The van der Waals surface area contributed by atoms with E-state index in [9.17, 15) is 8.78 Å². The number of halogens is 3. The van der Waals surface area contributed by atoms with Gasteiger partial charge in [-0.2, -0.15) is 0 Å². The maximum atomic E-state index is 13.5. The first kappa shape index (κ1) is 19.8. The molecule has 126 valence electrons. The summed E-state index contributed by atoms with van der Waals surface area (Å²) in [5, 5.41) is 7.17. The molecule has 4 nitrogen and oxygen atoms in total. The van der Waals surface area contributed by atoms with Gasteiger partial charge in [0.1, 0.15) is 5.01 Å². The van der Waals surface area contributed by atoms with Crippen molar-refractivity contribution in [2.75, 3.05) is 13.6 Å². The van der Waals surface area contributed by atoms with E-state index in [2.05, 4.69) is 20.6 Å². The fraction of sp³-hybridized carbons (Fsp3) is 0.333. The number of guanidine groups is 1. The van der Waals surface area contributed by atoms with Gasteiger partial charge in [0.2, 0.25) is 0 Å². The fourth-order valence-electron chi connectivity index (χ4n) is 1.92. The highest BCUT2D eigenvalue weighted by Crippen LogP contribution is 2.11. The SMILES string of the molecule is CN=C(NCCc1cccc(F)c1F)NCc1ncc(C)s1.I. The second kappa shape index (κ2) is 9.76. The molecule has 0 aliphatic carbocycles. The molecule has 0 fully saturated rings. The highest BCUT2D eigenvalue weighted by atomic mass is 127. The molecule has 0 aliphatic rings. The standard InChI is InChI=1S/C15H18F2N4S.HI/c1-10-8-20-13(22-10)9-21-15(18-2)19-7-6-11-4-3-5-12(16)14(11)17;/h3-5,8H,6-7,9H2,1-2H3,(H2,18,19,21);1H. The summed E-state index contributed by atoms with van der Waals surface area (Å²) in [6, 6.07) is 4.20. The van der Waals surface area contributed by atoms with E-state index < -0.39 is 11.6 Å². The number of rotatable bonds is 5. The molecule has 1 aromatic heterocycles. The van der Waals surface area contributed by atoms with Crippen LogP contribution in [0.25, 0.3) is 0 Å². The van der Waals surface area contributed by atoms with Crippen LogP contribution in [-0.2, 0) is 13.0 Å². The van der Waals surface area contributed by atoms with Gasteiger partial charge in [-0.25, -0.2) is 13.8 Å². The molecule has 1 heterocycles. The molecule has 0 saturated heterocycles. The van der Waals surface area contributed by atoms with Gasteiger partial charge >= 0.3 is 0 Å². The van der Waals surface area contributed by atoms with Gasteiger partial charge in [-0.05, 0) is 25.0 Å². The van der Waals surface area contributed by atoms with Crippen LogP contribution in [0.1, 0.15) is 15.4 Å². The number of nitrogens with zero attached hydrogens (tertiary/aromatic N) is 2. The predicted octanol–water partition coefficient (Wildman–Crippen LogP) is 3.26. The molecule has 0 radical (unpaired) electrons. The fourth-order valence-corrected chi connectivity index (χ4v) is 2.65. The smallest absolute Gasteiger partial charge is 0.191 e. The van der Waals surface area contributed by atoms with Gasteiger partial charge in [0.15, 0.2) is 17.6 Å². The molecule has 0 aliphatic heterocycles. The Morgan fingerprint density at radius 3 is 2.74 bits per heavy atom. The number of hydrogen-bond acceptors (Lipinski definition) is 3. The van der Waals surface area contributed by atoms with Crippen LogP contribution in [0.5, 0.6) is 0 Å². The lowest BCUT2D eigenvalue weighted by Crippen LogP contribution is -2.37. The molecule has 0 unspecified atom stereocenters. The van der Waals surface area contributed by atoms with Crippen LogP contribution in [0.2, 0.25) is 0 Å². The zero-order chi connectivity index (χ0) is 15.9. The van der Waals surface area contributed by atoms with Crippen molar-refractivity contribution in [1.29, 1.82) is 0 Å². The van der Waals surface area contributed by atoms with Gasteiger partial charge < -0.3 is 10.6 Å². The number of aryl methyl sites for hydroxylation is 1. The Labute approximate surface area is 155 Å². The summed E-state index contributed by atoms with van der Waals surface area (Å²) in [5.41, 5.74) is 0.346. The third-order valence-electron chi connectivity index (χ3n) is 3.02. The maximum absolute atomic E-state index is 13.5. The van der Waals surface area contributed by atoms with Gasteiger partial charge in [-0.15, -0.1) is 35.3 Å². The highest BCUT2D eigenvalue weighted by molar-refractivity contribution is 14.0. The molecule has 0 atom stereocenters. The lowest BCUT2D eigenvalue weighted by molar-refractivity contribution is 0.498. The Morgan fingerprint density at radius 1 is 1.30 bits per heavy atom. The summed E-state index contributed by atoms with van der Waals surface area (Å²) in [4.78, 5) is 9.49. The van der Waals surface area contributed by atoms with Crippen LogP contribution < -0.4 is 10.6 Å². The molecule has 2 N–H and O–H groups in total. The van der Waals surface area contributed by atoms with Crippen LogP contribution in [0, 0.1) is 18.6 Å². The van der Waals surface area contributed by atoms with Crippen molar-refractivity contribution in [3.8, 4) is 0 Å². The summed E-state index contributed by atoms with van der Waals surface area (Å²) in [7, 11) is 1.66. The lowest BCUT2D eigenvalue weighted by Gasteiger charge is -2.11. The van der Waals surface area contributed by atoms with Crippen molar-refractivity contribution in [2.45, 2.75) is 19.9 Å². The minimum absolute atomic E-state index is 0. The number of hydrogen-bond donors (Lipinski definition) is 2. The van der Waals surface area contributed by atoms with Crippen LogP contribution in [0.3, 0.4) is 0 Å². The summed E-state index contributed by atoms with van der Waals surface area (Å²) < 4.78 is 26.6. The van der Waals surface area contributed by atoms with Crippen molar-refractivity contribution in [2.24, 2.45) is 4.99 Å². The van der Waals surface area contributed by atoms with Crippen LogP contribution >= 0.6 is 35.3 Å². The molecule has 0 bridgehead atoms. The van der Waals surface area contributed by atoms with Gasteiger partial charge in [0, 0.05) is 24.7 Å². The van der Waals surface area contributed by atoms with Gasteiger partial charge in [0.05, 0.1) is 6.54 Å². The maximum Gasteiger partial charge on any atom is 0.191 e. The molecule has 2 aromatic rings. The first-order valence-electron chi connectivity index (χ1n) is 6.89. The normalized spacial score (nSPS) is 11.0. The molecule has 0 saturated carbocycles. The van der Waals surface area contributed by atoms with E-state index in [0.29, 0.717) is 31.0 Å². The Balaban J connectivity index is 0.00000264. The van der Waals surface area contributed by atoms with E-state index in [1.807, 2.05) is 13.1 Å². The summed E-state index contributed by atoms with van der Waals surface area (Å²) in [6.45, 7) is 3.03. The van der Waals surface area contributed by atoms with E-state index in [1.54, 1.807) is 24.5 Å². The molecule has 0 spiro atoms. The third kappa shape index (κ3) is 6.02. The first-order chi connectivity index (χ1) is 10.6. The molecule has 2 rings (SSSR count). The highest BCUT2D eigenvalue weighted by Gasteiger charge is 2.07. The summed E-state index contributed by atoms with van der Waals surface area (Å²) >= 11 is 1.62. The largest absolute Gasteiger partial charge is 0.356 e. The van der Waals surface area contributed by atoms with E-state index >= 15 is 0 Å². The van der Waals surface area contributed by atoms with Crippen molar-refractivity contribution in [3.63, 3.8) is 0 Å². The van der Waals surface area contributed by atoms with Gasteiger partial charge in [-0.1, -0.05) is 12.1 Å². The average Bonchev–Trinajstić information content (AvgIpc) is 2.92. The minimum Gasteiger partial charge on any atom is -0.356 e. The van der Waals surface area contributed by atoms with E-state index in [0.717, 1.165) is 16.0 Å². The second-order valence-electron chi connectivity index (χ2n) is 4.68. The van der Waals surface area contributed by atoms with E-state index in [4.69, 9.17) is 0 Å². The summed E-state index contributed by atoms with van der Waals surface area (Å²) in [5.74, 6) is -1.01. The molecular formula is C15H19F2IN4S. The summed E-state index contributed by atoms with van der Waals surface area (Å²) in [6.07, 6.45) is 2.20. The topological polar surface area (TPSA) is 49.3 Å². The van der Waals surface area contributed by atoms with Crippen LogP contribution in [0.15, 0.2) is 29.4 Å². The Kier molecular flexibility index (Phi) is 8.38. The molecular weight excluding hydrogens is 433 g/mol. The van der Waals surface area contributed by atoms with Gasteiger partial charge in [0.25, 0.3) is 0 Å². The number of nitrogens with one attached hydrogen (secondary N) is 2. The molecule has 0 amide bonds. The molecule has 8 heteroatoms. The Hall–Kier alpha value is -1.29. The monoisotopic (exact) mass is 452 g/mol. The minimum atomic E-state index is -0.820. The quantitative estimate of drug-likeness (QED) is 0.416. The second-order valence-corrected chi connectivity index (χ2v) is 6.00. The number of thiazole rings is 1. The number of aliphatic imine (C=N–C) groups is 1. The van der Waals surface area contributed by atoms with Crippen molar-refractivity contribution in [3.05, 3.63) is 51.5 Å². The number of aromatic nitrogens is 1. The molecule has 1 aromatic carbocycles.